The predicted octanol–water partition coefficient (Wildman–Crippen LogP) is 4.15. The molecule has 0 bridgehead atoms. The summed E-state index contributed by atoms with van der Waals surface area (Å²) in [5, 5.41) is 0.243. The van der Waals surface area contributed by atoms with Gasteiger partial charge >= 0.3 is 6.18 Å². The molecule has 0 spiro atoms. The third kappa shape index (κ3) is 3.86. The van der Waals surface area contributed by atoms with Gasteiger partial charge < -0.3 is 9.88 Å². The van der Waals surface area contributed by atoms with E-state index in [-0.39, 0.29) is 35.4 Å². The van der Waals surface area contributed by atoms with E-state index in [1.54, 1.807) is 37.3 Å². The number of hydrogen-bond acceptors (Lipinski definition) is 4. The predicted molar refractivity (Wildman–Crippen MR) is 110 cm³/mol. The van der Waals surface area contributed by atoms with Crippen LogP contribution in [0.15, 0.2) is 59.5 Å². The molecule has 9 heteroatoms. The van der Waals surface area contributed by atoms with Crippen LogP contribution >= 0.6 is 0 Å². The Morgan fingerprint density at radius 2 is 1.68 bits per heavy atom. The number of fused-ring (bicyclic) bond motifs is 2. The van der Waals surface area contributed by atoms with E-state index in [1.165, 1.54) is 23.1 Å². The van der Waals surface area contributed by atoms with Gasteiger partial charge in [-0.15, -0.1) is 0 Å². The van der Waals surface area contributed by atoms with Crippen molar-refractivity contribution in [3.05, 3.63) is 82.0 Å². The molecule has 0 saturated carbocycles. The first-order valence-electron chi connectivity index (χ1n) is 9.51. The molecule has 2 aromatic heterocycles. The molecule has 31 heavy (non-hydrogen) atoms. The van der Waals surface area contributed by atoms with Gasteiger partial charge in [0.05, 0.1) is 34.1 Å². The fourth-order valence-electron chi connectivity index (χ4n) is 3.50. The molecule has 0 fully saturated rings. The molecular weight excluding hydrogens is 409 g/mol. The average molecular weight is 426 g/mol. The van der Waals surface area contributed by atoms with Gasteiger partial charge in [-0.2, -0.15) is 13.2 Å². The molecule has 4 aromatic rings. The first kappa shape index (κ1) is 20.5. The summed E-state index contributed by atoms with van der Waals surface area (Å²) in [7, 11) is 0. The van der Waals surface area contributed by atoms with Crippen molar-refractivity contribution < 1.29 is 18.0 Å². The first-order chi connectivity index (χ1) is 14.8. The maximum atomic E-state index is 13.9. The highest BCUT2D eigenvalue weighted by atomic mass is 19.4. The summed E-state index contributed by atoms with van der Waals surface area (Å²) in [6.07, 6.45) is -3.80. The van der Waals surface area contributed by atoms with Crippen molar-refractivity contribution in [1.82, 2.24) is 19.9 Å². The smallest absolute Gasteiger partial charge is 0.331 e. The molecule has 6 nitrogen and oxygen atoms in total. The second-order valence-electron chi connectivity index (χ2n) is 6.91. The fraction of sp³-hybridized carbons (Fsp3) is 0.182. The van der Waals surface area contributed by atoms with E-state index < -0.39 is 23.2 Å². The molecule has 0 aliphatic carbocycles. The number of carbonyl (C=O) groups is 1. The molecule has 0 radical (unpaired) electrons. The number of pyridine rings is 1. The van der Waals surface area contributed by atoms with Crippen LogP contribution in [0, 0.1) is 0 Å². The van der Waals surface area contributed by atoms with Crippen LogP contribution in [0.3, 0.4) is 0 Å². The van der Waals surface area contributed by atoms with Crippen molar-refractivity contribution in [2.24, 2.45) is 0 Å². The lowest BCUT2D eigenvalue weighted by molar-refractivity contribution is -0.136. The van der Waals surface area contributed by atoms with Gasteiger partial charge in [0.15, 0.2) is 0 Å². The van der Waals surface area contributed by atoms with Gasteiger partial charge in [0, 0.05) is 18.1 Å². The Hall–Kier alpha value is -3.75. The van der Waals surface area contributed by atoms with E-state index in [2.05, 4.69) is 15.0 Å². The molecule has 0 aliphatic rings. The minimum absolute atomic E-state index is 0.111. The summed E-state index contributed by atoms with van der Waals surface area (Å²) >= 11 is 0. The van der Waals surface area contributed by atoms with Crippen molar-refractivity contribution in [2.45, 2.75) is 19.6 Å². The van der Waals surface area contributed by atoms with Crippen molar-refractivity contribution in [3.8, 4) is 0 Å². The van der Waals surface area contributed by atoms with E-state index in [0.29, 0.717) is 10.9 Å². The number of benzene rings is 2. The summed E-state index contributed by atoms with van der Waals surface area (Å²) in [4.78, 5) is 37.5. The molecule has 1 N–H and O–H groups in total. The number of nitrogens with zero attached hydrogens (tertiary/aromatic N) is 3. The molecule has 2 aromatic carbocycles. The van der Waals surface area contributed by atoms with Crippen LogP contribution in [0.1, 0.15) is 28.7 Å². The molecular formula is C22H17F3N4O2. The first-order valence-corrected chi connectivity index (χ1v) is 9.51. The SMILES string of the molecule is CCN(Cc1nc2ccccc2c(=O)[nH]1)C(=O)c1cnc2ccccc2c1C(F)(F)F. The highest BCUT2D eigenvalue weighted by Crippen LogP contribution is 2.37. The minimum atomic E-state index is -4.75. The second kappa shape index (κ2) is 7.82. The molecule has 0 atom stereocenters. The number of alkyl halides is 3. The van der Waals surface area contributed by atoms with Crippen LogP contribution in [0.2, 0.25) is 0 Å². The van der Waals surface area contributed by atoms with Gasteiger partial charge in [-0.05, 0) is 25.1 Å². The van der Waals surface area contributed by atoms with E-state index >= 15 is 0 Å². The zero-order chi connectivity index (χ0) is 22.2. The number of para-hydroxylation sites is 2. The molecule has 0 aliphatic heterocycles. The Morgan fingerprint density at radius 1 is 1.03 bits per heavy atom. The standard InChI is InChI=1S/C22H17F3N4O2/c1-2-29(12-18-27-17-10-6-4-8-14(17)20(30)28-18)21(31)15-11-26-16-9-5-3-7-13(16)19(15)22(23,24)25/h3-11H,2,12H2,1H3,(H,27,28,30). The van der Waals surface area contributed by atoms with E-state index in [1.807, 2.05) is 0 Å². The fourth-order valence-corrected chi connectivity index (χ4v) is 3.50. The van der Waals surface area contributed by atoms with Crippen LogP contribution in [-0.2, 0) is 12.7 Å². The lowest BCUT2D eigenvalue weighted by Crippen LogP contribution is -2.33. The van der Waals surface area contributed by atoms with Gasteiger partial charge in [0.1, 0.15) is 5.82 Å². The highest BCUT2D eigenvalue weighted by Gasteiger charge is 2.38. The molecule has 2 heterocycles. The van der Waals surface area contributed by atoms with Crippen molar-refractivity contribution in [3.63, 3.8) is 0 Å². The summed E-state index contributed by atoms with van der Waals surface area (Å²) in [5.41, 5.74) is -1.37. The van der Waals surface area contributed by atoms with E-state index in [0.717, 1.165) is 6.20 Å². The highest BCUT2D eigenvalue weighted by molar-refractivity contribution is 6.00. The van der Waals surface area contributed by atoms with Crippen molar-refractivity contribution in [1.29, 1.82) is 0 Å². The molecule has 4 rings (SSSR count). The quantitative estimate of drug-likeness (QED) is 0.532. The van der Waals surface area contributed by atoms with Gasteiger partial charge in [0.2, 0.25) is 0 Å². The largest absolute Gasteiger partial charge is 0.417 e. The summed E-state index contributed by atoms with van der Waals surface area (Å²) in [6.45, 7) is 1.60. The second-order valence-corrected chi connectivity index (χ2v) is 6.91. The van der Waals surface area contributed by atoms with Crippen LogP contribution in [0.4, 0.5) is 13.2 Å². The number of aromatic amines is 1. The Labute approximate surface area is 174 Å². The number of carbonyl (C=O) groups excluding carboxylic acids is 1. The lowest BCUT2D eigenvalue weighted by atomic mass is 10.0. The summed E-state index contributed by atoms with van der Waals surface area (Å²) < 4.78 is 41.7. The zero-order valence-electron chi connectivity index (χ0n) is 16.4. The van der Waals surface area contributed by atoms with Crippen molar-refractivity contribution in [2.75, 3.05) is 6.54 Å². The molecule has 0 saturated heterocycles. The third-order valence-electron chi connectivity index (χ3n) is 4.96. The Bertz CT molecular complexity index is 1350. The maximum absolute atomic E-state index is 13.9. The molecule has 158 valence electrons. The number of nitrogens with one attached hydrogen (secondary N) is 1. The number of halogens is 3. The van der Waals surface area contributed by atoms with Gasteiger partial charge in [-0.3, -0.25) is 14.6 Å². The van der Waals surface area contributed by atoms with Crippen LogP contribution in [0.25, 0.3) is 21.8 Å². The molecule has 0 unspecified atom stereocenters. The monoisotopic (exact) mass is 426 g/mol. The normalized spacial score (nSPS) is 11.7. The summed E-state index contributed by atoms with van der Waals surface area (Å²) in [6, 6.07) is 12.5. The maximum Gasteiger partial charge on any atom is 0.417 e. The van der Waals surface area contributed by atoms with Crippen LogP contribution in [0.5, 0.6) is 0 Å². The average Bonchev–Trinajstić information content (AvgIpc) is 2.75. The number of rotatable bonds is 4. The zero-order valence-corrected chi connectivity index (χ0v) is 16.4. The Balaban J connectivity index is 1.76. The Kier molecular flexibility index (Phi) is 5.18. The Morgan fingerprint density at radius 3 is 2.35 bits per heavy atom. The van der Waals surface area contributed by atoms with E-state index in [4.69, 9.17) is 0 Å². The number of hydrogen-bond donors (Lipinski definition) is 1. The number of amides is 1. The summed E-state index contributed by atoms with van der Waals surface area (Å²) in [5.74, 6) is -0.662. The lowest BCUT2D eigenvalue weighted by Gasteiger charge is -2.23. The minimum Gasteiger partial charge on any atom is -0.331 e. The topological polar surface area (TPSA) is 79.0 Å². The van der Waals surface area contributed by atoms with Crippen LogP contribution in [-0.4, -0.2) is 32.3 Å². The molecule has 1 amide bonds. The van der Waals surface area contributed by atoms with Gasteiger partial charge in [-0.25, -0.2) is 4.98 Å². The van der Waals surface area contributed by atoms with Crippen molar-refractivity contribution >= 4 is 27.7 Å². The van der Waals surface area contributed by atoms with Crippen LogP contribution < -0.4 is 5.56 Å². The third-order valence-corrected chi connectivity index (χ3v) is 4.96. The van der Waals surface area contributed by atoms with Gasteiger partial charge in [0.25, 0.3) is 11.5 Å². The van der Waals surface area contributed by atoms with E-state index in [9.17, 15) is 22.8 Å². The number of aromatic nitrogens is 3. The van der Waals surface area contributed by atoms with Gasteiger partial charge in [-0.1, -0.05) is 30.3 Å². The number of H-pyrrole nitrogens is 1.